The van der Waals surface area contributed by atoms with Crippen molar-refractivity contribution in [1.29, 1.82) is 0 Å². The summed E-state index contributed by atoms with van der Waals surface area (Å²) in [5, 5.41) is 3.04. The summed E-state index contributed by atoms with van der Waals surface area (Å²) < 4.78 is 0. The number of amides is 1. The number of hydrogen-bond acceptors (Lipinski definition) is 3. The molecule has 1 unspecified atom stereocenters. The SMILES string of the molecule is CCN1CCC(CNC(=O)Cc2ccc(N)cc2)C1.Cl.Cl. The molecule has 1 saturated heterocycles. The van der Waals surface area contributed by atoms with Crippen LogP contribution in [0.25, 0.3) is 0 Å². The lowest BCUT2D eigenvalue weighted by molar-refractivity contribution is -0.120. The molecular formula is C15H25Cl2N3O. The largest absolute Gasteiger partial charge is 0.399 e. The zero-order chi connectivity index (χ0) is 13.7. The Morgan fingerprint density at radius 1 is 1.33 bits per heavy atom. The first kappa shape index (κ1) is 20.0. The molecule has 1 heterocycles. The van der Waals surface area contributed by atoms with Crippen LogP contribution in [0, 0.1) is 5.92 Å². The van der Waals surface area contributed by atoms with E-state index >= 15 is 0 Å². The predicted molar refractivity (Wildman–Crippen MR) is 92.3 cm³/mol. The van der Waals surface area contributed by atoms with Gasteiger partial charge in [-0.1, -0.05) is 19.1 Å². The molecular weight excluding hydrogens is 309 g/mol. The van der Waals surface area contributed by atoms with E-state index in [0.717, 1.165) is 37.4 Å². The van der Waals surface area contributed by atoms with Gasteiger partial charge in [-0.2, -0.15) is 0 Å². The van der Waals surface area contributed by atoms with Crippen LogP contribution in [0.1, 0.15) is 18.9 Å². The summed E-state index contributed by atoms with van der Waals surface area (Å²) in [6.07, 6.45) is 1.63. The summed E-state index contributed by atoms with van der Waals surface area (Å²) in [6.45, 7) is 6.36. The van der Waals surface area contributed by atoms with Crippen LogP contribution in [-0.4, -0.2) is 37.0 Å². The van der Waals surface area contributed by atoms with Crippen LogP contribution in [0.15, 0.2) is 24.3 Å². The number of likely N-dealkylation sites (tertiary alicyclic amines) is 1. The monoisotopic (exact) mass is 333 g/mol. The van der Waals surface area contributed by atoms with Crippen LogP contribution in [0.5, 0.6) is 0 Å². The zero-order valence-electron chi connectivity index (χ0n) is 12.4. The third kappa shape index (κ3) is 6.55. The summed E-state index contributed by atoms with van der Waals surface area (Å²) in [7, 11) is 0. The predicted octanol–water partition coefficient (Wildman–Crippen LogP) is 2.11. The minimum absolute atomic E-state index is 0. The molecule has 3 N–H and O–H groups in total. The fraction of sp³-hybridized carbons (Fsp3) is 0.533. The fourth-order valence-electron chi connectivity index (χ4n) is 2.51. The maximum absolute atomic E-state index is 11.8. The van der Waals surface area contributed by atoms with E-state index < -0.39 is 0 Å². The van der Waals surface area contributed by atoms with Crippen molar-refractivity contribution in [2.45, 2.75) is 19.8 Å². The molecule has 0 spiro atoms. The van der Waals surface area contributed by atoms with Crippen molar-refractivity contribution in [2.24, 2.45) is 5.92 Å². The molecule has 0 aromatic heterocycles. The second kappa shape index (κ2) is 9.87. The van der Waals surface area contributed by atoms with Crippen molar-refractivity contribution in [3.05, 3.63) is 29.8 Å². The number of carbonyl (C=O) groups excluding carboxylic acids is 1. The number of hydrogen-bond donors (Lipinski definition) is 2. The quantitative estimate of drug-likeness (QED) is 0.811. The lowest BCUT2D eigenvalue weighted by Gasteiger charge is -2.13. The topological polar surface area (TPSA) is 58.4 Å². The molecule has 2 rings (SSSR count). The van der Waals surface area contributed by atoms with Crippen molar-refractivity contribution < 1.29 is 4.79 Å². The number of carbonyl (C=O) groups is 1. The first-order valence-electron chi connectivity index (χ1n) is 7.01. The molecule has 1 aliphatic rings. The van der Waals surface area contributed by atoms with Gasteiger partial charge in [0.05, 0.1) is 6.42 Å². The number of anilines is 1. The van der Waals surface area contributed by atoms with E-state index in [1.807, 2.05) is 24.3 Å². The van der Waals surface area contributed by atoms with Gasteiger partial charge in [0, 0.05) is 18.8 Å². The van der Waals surface area contributed by atoms with Crippen LogP contribution >= 0.6 is 24.8 Å². The summed E-state index contributed by atoms with van der Waals surface area (Å²) >= 11 is 0. The van der Waals surface area contributed by atoms with Gasteiger partial charge in [0.2, 0.25) is 5.91 Å². The Morgan fingerprint density at radius 2 is 2.00 bits per heavy atom. The normalized spacial score (nSPS) is 17.7. The van der Waals surface area contributed by atoms with Crippen molar-refractivity contribution in [2.75, 3.05) is 31.9 Å². The van der Waals surface area contributed by atoms with Crippen LogP contribution in [0.2, 0.25) is 0 Å². The number of nitrogens with zero attached hydrogens (tertiary/aromatic N) is 1. The molecule has 0 radical (unpaired) electrons. The summed E-state index contributed by atoms with van der Waals surface area (Å²) in [6, 6.07) is 7.48. The first-order valence-corrected chi connectivity index (χ1v) is 7.01. The molecule has 6 heteroatoms. The van der Waals surface area contributed by atoms with Crippen molar-refractivity contribution >= 4 is 36.4 Å². The van der Waals surface area contributed by atoms with Crippen LogP contribution < -0.4 is 11.1 Å². The van der Waals surface area contributed by atoms with E-state index in [9.17, 15) is 4.79 Å². The van der Waals surface area contributed by atoms with Crippen LogP contribution in [-0.2, 0) is 11.2 Å². The third-order valence-electron chi connectivity index (χ3n) is 3.75. The highest BCUT2D eigenvalue weighted by Gasteiger charge is 2.21. The molecule has 1 aromatic carbocycles. The van der Waals surface area contributed by atoms with Gasteiger partial charge in [-0.25, -0.2) is 0 Å². The molecule has 1 aliphatic heterocycles. The number of nitrogens with two attached hydrogens (primary N) is 1. The van der Waals surface area contributed by atoms with E-state index in [-0.39, 0.29) is 30.7 Å². The summed E-state index contributed by atoms with van der Waals surface area (Å²) in [5.74, 6) is 0.704. The Balaban J connectivity index is 0.00000200. The average Bonchev–Trinajstić information content (AvgIpc) is 2.87. The van der Waals surface area contributed by atoms with Gasteiger partial charge in [0.1, 0.15) is 0 Å². The second-order valence-electron chi connectivity index (χ2n) is 5.27. The Bertz CT molecular complexity index is 425. The lowest BCUT2D eigenvalue weighted by Crippen LogP contribution is -2.32. The van der Waals surface area contributed by atoms with Crippen molar-refractivity contribution in [1.82, 2.24) is 10.2 Å². The van der Waals surface area contributed by atoms with Crippen molar-refractivity contribution in [3.8, 4) is 0 Å². The van der Waals surface area contributed by atoms with Gasteiger partial charge < -0.3 is 16.0 Å². The average molecular weight is 334 g/mol. The second-order valence-corrected chi connectivity index (χ2v) is 5.27. The molecule has 21 heavy (non-hydrogen) atoms. The fourth-order valence-corrected chi connectivity index (χ4v) is 2.51. The molecule has 0 saturated carbocycles. The van der Waals surface area contributed by atoms with Crippen molar-refractivity contribution in [3.63, 3.8) is 0 Å². The molecule has 1 atom stereocenters. The highest BCUT2D eigenvalue weighted by atomic mass is 35.5. The molecule has 1 aromatic rings. The molecule has 1 amide bonds. The number of halogens is 2. The van der Waals surface area contributed by atoms with E-state index in [0.29, 0.717) is 12.3 Å². The van der Waals surface area contributed by atoms with Crippen LogP contribution in [0.3, 0.4) is 0 Å². The number of rotatable bonds is 5. The van der Waals surface area contributed by atoms with E-state index in [1.165, 1.54) is 6.42 Å². The lowest BCUT2D eigenvalue weighted by atomic mass is 10.1. The Morgan fingerprint density at radius 3 is 2.57 bits per heavy atom. The Kier molecular flexibility index (Phi) is 9.42. The van der Waals surface area contributed by atoms with Gasteiger partial charge >= 0.3 is 0 Å². The minimum atomic E-state index is 0. The molecule has 0 bridgehead atoms. The maximum Gasteiger partial charge on any atom is 0.224 e. The van der Waals surface area contributed by atoms with E-state index in [4.69, 9.17) is 5.73 Å². The summed E-state index contributed by atoms with van der Waals surface area (Å²) in [5.41, 5.74) is 7.36. The standard InChI is InChI=1S/C15H23N3O.2ClH/c1-2-18-8-7-13(11-18)10-17-15(19)9-12-3-5-14(16)6-4-12;;/h3-6,13H,2,7-11,16H2,1H3,(H,17,19);2*1H. The molecule has 120 valence electrons. The number of nitrogens with one attached hydrogen (secondary N) is 1. The van der Waals surface area contributed by atoms with Gasteiger partial charge in [-0.05, 0) is 43.1 Å². The molecule has 1 fully saturated rings. The van der Waals surface area contributed by atoms with E-state index in [2.05, 4.69) is 17.1 Å². The molecule has 0 aliphatic carbocycles. The third-order valence-corrected chi connectivity index (χ3v) is 3.75. The van der Waals surface area contributed by atoms with Gasteiger partial charge in [0.25, 0.3) is 0 Å². The highest BCUT2D eigenvalue weighted by Crippen LogP contribution is 2.14. The smallest absolute Gasteiger partial charge is 0.224 e. The van der Waals surface area contributed by atoms with E-state index in [1.54, 1.807) is 0 Å². The number of nitrogen functional groups attached to an aromatic ring is 1. The van der Waals surface area contributed by atoms with Crippen LogP contribution in [0.4, 0.5) is 5.69 Å². The summed E-state index contributed by atoms with van der Waals surface area (Å²) in [4.78, 5) is 14.3. The Hall–Kier alpha value is -0.970. The van der Waals surface area contributed by atoms with Gasteiger partial charge in [0.15, 0.2) is 0 Å². The highest BCUT2D eigenvalue weighted by molar-refractivity contribution is 5.85. The first-order chi connectivity index (χ1) is 9.17. The van der Waals surface area contributed by atoms with Gasteiger partial charge in [-0.15, -0.1) is 24.8 Å². The minimum Gasteiger partial charge on any atom is -0.399 e. The van der Waals surface area contributed by atoms with Gasteiger partial charge in [-0.3, -0.25) is 4.79 Å². The zero-order valence-corrected chi connectivity index (χ0v) is 14.0. The maximum atomic E-state index is 11.8. The Labute approximate surface area is 139 Å². The molecule has 4 nitrogen and oxygen atoms in total. The number of benzene rings is 1.